The first kappa shape index (κ1) is 22.7. The summed E-state index contributed by atoms with van der Waals surface area (Å²) in [5.41, 5.74) is 11.1. The Balaban J connectivity index is 1.34. The lowest BCUT2D eigenvalue weighted by Gasteiger charge is -2.18. The van der Waals surface area contributed by atoms with E-state index in [2.05, 4.69) is 34.0 Å². The van der Waals surface area contributed by atoms with Crippen molar-refractivity contribution in [2.75, 3.05) is 25.4 Å². The molecule has 1 aromatic carbocycles. The van der Waals surface area contributed by atoms with Crippen molar-refractivity contribution in [2.45, 2.75) is 45.4 Å². The fraction of sp³-hybridized carbons (Fsp3) is 0.385. The molecule has 1 saturated heterocycles. The van der Waals surface area contributed by atoms with E-state index in [1.165, 1.54) is 5.56 Å². The number of carbonyl (C=O) groups is 1. The molecule has 3 aromatic rings. The van der Waals surface area contributed by atoms with Crippen LogP contribution in [0, 0.1) is 6.92 Å². The summed E-state index contributed by atoms with van der Waals surface area (Å²) in [6.07, 6.45) is 8.26. The van der Waals surface area contributed by atoms with Gasteiger partial charge in [0.2, 0.25) is 5.91 Å². The van der Waals surface area contributed by atoms with Gasteiger partial charge in [-0.05, 0) is 68.0 Å². The molecule has 0 saturated carbocycles. The summed E-state index contributed by atoms with van der Waals surface area (Å²) in [6.45, 7) is 6.16. The predicted octanol–water partition coefficient (Wildman–Crippen LogP) is 4.17. The Kier molecular flexibility index (Phi) is 7.17. The van der Waals surface area contributed by atoms with Gasteiger partial charge in [-0.25, -0.2) is 15.0 Å². The van der Waals surface area contributed by atoms with E-state index < -0.39 is 0 Å². The number of hydrogen-bond acceptors (Lipinski definition) is 6. The highest BCUT2D eigenvalue weighted by Gasteiger charge is 2.29. The van der Waals surface area contributed by atoms with Crippen molar-refractivity contribution in [3.63, 3.8) is 0 Å². The van der Waals surface area contributed by atoms with Gasteiger partial charge in [-0.2, -0.15) is 0 Å². The largest absolute Gasteiger partial charge is 0.494 e. The Morgan fingerprint density at radius 3 is 2.91 bits per heavy atom. The number of likely N-dealkylation sites (tertiary alicyclic amines) is 1. The summed E-state index contributed by atoms with van der Waals surface area (Å²) in [4.78, 5) is 27.7. The number of amides is 1. The summed E-state index contributed by atoms with van der Waals surface area (Å²) in [6, 6.07) is 10.0. The maximum atomic E-state index is 12.9. The second-order valence-electron chi connectivity index (χ2n) is 8.50. The summed E-state index contributed by atoms with van der Waals surface area (Å²) in [7, 11) is 0. The molecule has 7 nitrogen and oxygen atoms in total. The number of aromatic nitrogens is 3. The number of pyridine rings is 1. The Morgan fingerprint density at radius 1 is 1.24 bits per heavy atom. The molecule has 1 unspecified atom stereocenters. The van der Waals surface area contributed by atoms with Crippen LogP contribution >= 0.6 is 0 Å². The van der Waals surface area contributed by atoms with Crippen LogP contribution in [0.15, 0.2) is 49.1 Å². The summed E-state index contributed by atoms with van der Waals surface area (Å²) < 4.78 is 5.61. The number of nitrogens with two attached hydrogens (primary N) is 1. The molecule has 0 bridgehead atoms. The van der Waals surface area contributed by atoms with Crippen molar-refractivity contribution in [3.05, 3.63) is 65.9 Å². The number of nitrogen functional groups attached to an aromatic ring is 1. The number of aryl methyl sites for hydroxylation is 2. The van der Waals surface area contributed by atoms with Gasteiger partial charge in [0.05, 0.1) is 12.3 Å². The first-order valence-corrected chi connectivity index (χ1v) is 11.6. The summed E-state index contributed by atoms with van der Waals surface area (Å²) >= 11 is 0. The summed E-state index contributed by atoms with van der Waals surface area (Å²) in [5, 5.41) is 0. The topological polar surface area (TPSA) is 94.2 Å². The van der Waals surface area contributed by atoms with Crippen LogP contribution in [0.1, 0.15) is 48.9 Å². The molecule has 1 amide bonds. The van der Waals surface area contributed by atoms with Crippen LogP contribution in [0.3, 0.4) is 0 Å². The van der Waals surface area contributed by atoms with E-state index in [0.29, 0.717) is 25.4 Å². The van der Waals surface area contributed by atoms with Gasteiger partial charge in [0.25, 0.3) is 0 Å². The highest BCUT2D eigenvalue weighted by molar-refractivity contribution is 5.77. The third-order valence-corrected chi connectivity index (χ3v) is 6.16. The van der Waals surface area contributed by atoms with Crippen LogP contribution in [-0.4, -0.2) is 45.5 Å². The van der Waals surface area contributed by atoms with Crippen LogP contribution < -0.4 is 10.5 Å². The molecule has 1 atom stereocenters. The lowest BCUT2D eigenvalue weighted by atomic mass is 9.96. The van der Waals surface area contributed by atoms with Crippen molar-refractivity contribution < 1.29 is 9.53 Å². The number of benzene rings is 1. The maximum absolute atomic E-state index is 12.9. The van der Waals surface area contributed by atoms with E-state index in [0.717, 1.165) is 53.9 Å². The minimum atomic E-state index is 0.190. The molecule has 0 radical (unpaired) electrons. The van der Waals surface area contributed by atoms with Crippen molar-refractivity contribution >= 4 is 11.7 Å². The quantitative estimate of drug-likeness (QED) is 0.559. The molecule has 4 rings (SSSR count). The highest BCUT2D eigenvalue weighted by atomic mass is 16.5. The molecule has 172 valence electrons. The van der Waals surface area contributed by atoms with Crippen LogP contribution in [0.2, 0.25) is 0 Å². The Morgan fingerprint density at radius 2 is 2.12 bits per heavy atom. The van der Waals surface area contributed by atoms with Gasteiger partial charge in [0.1, 0.15) is 17.9 Å². The SMILES string of the molecule is CCOc1ccc(CCCC(=O)N2CCC(c3ncncc3-c3ccnc(N)c3)C2)cc1C. The zero-order valence-electron chi connectivity index (χ0n) is 19.3. The van der Waals surface area contributed by atoms with E-state index in [1.54, 1.807) is 12.5 Å². The minimum Gasteiger partial charge on any atom is -0.494 e. The molecule has 7 heteroatoms. The van der Waals surface area contributed by atoms with Crippen LogP contribution in [-0.2, 0) is 11.2 Å². The van der Waals surface area contributed by atoms with Crippen LogP contribution in [0.5, 0.6) is 5.75 Å². The average Bonchev–Trinajstić information content (AvgIpc) is 3.31. The van der Waals surface area contributed by atoms with Crippen LogP contribution in [0.25, 0.3) is 11.1 Å². The third-order valence-electron chi connectivity index (χ3n) is 6.16. The van der Waals surface area contributed by atoms with Gasteiger partial charge in [-0.3, -0.25) is 4.79 Å². The zero-order chi connectivity index (χ0) is 23.2. The van der Waals surface area contributed by atoms with E-state index in [1.807, 2.05) is 36.2 Å². The zero-order valence-corrected chi connectivity index (χ0v) is 19.3. The Hall–Kier alpha value is -3.48. The van der Waals surface area contributed by atoms with Gasteiger partial charge in [-0.1, -0.05) is 12.1 Å². The van der Waals surface area contributed by atoms with E-state index >= 15 is 0 Å². The average molecular weight is 446 g/mol. The molecule has 3 heterocycles. The van der Waals surface area contributed by atoms with Crippen molar-refractivity contribution in [2.24, 2.45) is 0 Å². The fourth-order valence-corrected chi connectivity index (χ4v) is 4.50. The molecule has 1 aliphatic rings. The smallest absolute Gasteiger partial charge is 0.222 e. The molecule has 2 N–H and O–H groups in total. The van der Waals surface area contributed by atoms with Gasteiger partial charge in [0.15, 0.2) is 0 Å². The lowest BCUT2D eigenvalue weighted by molar-refractivity contribution is -0.130. The van der Waals surface area contributed by atoms with Gasteiger partial charge in [0, 0.05) is 43.4 Å². The first-order valence-electron chi connectivity index (χ1n) is 11.6. The van der Waals surface area contributed by atoms with E-state index in [-0.39, 0.29) is 11.8 Å². The number of nitrogens with zero attached hydrogens (tertiary/aromatic N) is 4. The second kappa shape index (κ2) is 10.4. The Bertz CT molecular complexity index is 1120. The van der Waals surface area contributed by atoms with Crippen LogP contribution in [0.4, 0.5) is 5.82 Å². The normalized spacial score (nSPS) is 15.6. The monoisotopic (exact) mass is 445 g/mol. The van der Waals surface area contributed by atoms with Crippen molar-refractivity contribution in [1.82, 2.24) is 19.9 Å². The molecule has 33 heavy (non-hydrogen) atoms. The first-order chi connectivity index (χ1) is 16.0. The molecule has 1 fully saturated rings. The maximum Gasteiger partial charge on any atom is 0.222 e. The second-order valence-corrected chi connectivity index (χ2v) is 8.50. The number of hydrogen-bond donors (Lipinski definition) is 1. The number of ether oxygens (including phenoxy) is 1. The highest BCUT2D eigenvalue weighted by Crippen LogP contribution is 2.33. The van der Waals surface area contributed by atoms with Gasteiger partial charge >= 0.3 is 0 Å². The third kappa shape index (κ3) is 5.48. The predicted molar refractivity (Wildman–Crippen MR) is 129 cm³/mol. The standard InChI is InChI=1S/C26H31N5O2/c1-3-33-23-8-7-19(13-18(23)2)5-4-6-25(32)31-12-10-21(16-31)26-22(15-28-17-30-26)20-9-11-29-24(27)14-20/h7-9,11,13-15,17,21H,3-6,10,12,16H2,1-2H3,(H2,27,29). The summed E-state index contributed by atoms with van der Waals surface area (Å²) in [5.74, 6) is 1.80. The molecule has 1 aliphatic heterocycles. The minimum absolute atomic E-state index is 0.190. The van der Waals surface area contributed by atoms with E-state index in [4.69, 9.17) is 10.5 Å². The van der Waals surface area contributed by atoms with E-state index in [9.17, 15) is 4.79 Å². The van der Waals surface area contributed by atoms with Gasteiger partial charge < -0.3 is 15.4 Å². The lowest BCUT2D eigenvalue weighted by Crippen LogP contribution is -2.28. The number of anilines is 1. The molecule has 0 aliphatic carbocycles. The van der Waals surface area contributed by atoms with Crippen molar-refractivity contribution in [1.29, 1.82) is 0 Å². The Labute approximate surface area is 195 Å². The molecular weight excluding hydrogens is 414 g/mol. The fourth-order valence-electron chi connectivity index (χ4n) is 4.50. The van der Waals surface area contributed by atoms with Gasteiger partial charge in [-0.15, -0.1) is 0 Å². The van der Waals surface area contributed by atoms with Crippen molar-refractivity contribution in [3.8, 4) is 16.9 Å². The molecule has 2 aromatic heterocycles. The molecule has 0 spiro atoms. The molecular formula is C26H31N5O2. The number of rotatable bonds is 8. The number of carbonyl (C=O) groups excluding carboxylic acids is 1.